The molecule has 5 heteroatoms. The van der Waals surface area contributed by atoms with E-state index in [9.17, 15) is 4.79 Å². The highest BCUT2D eigenvalue weighted by Crippen LogP contribution is 2.20. The van der Waals surface area contributed by atoms with Gasteiger partial charge in [0.25, 0.3) is 0 Å². The molecule has 21 heavy (non-hydrogen) atoms. The lowest BCUT2D eigenvalue weighted by atomic mass is 10.0. The van der Waals surface area contributed by atoms with Crippen LogP contribution in [0.3, 0.4) is 0 Å². The second-order valence-corrected chi connectivity index (χ2v) is 5.14. The van der Waals surface area contributed by atoms with Crippen molar-refractivity contribution in [3.05, 3.63) is 54.1 Å². The van der Waals surface area contributed by atoms with Crippen molar-refractivity contribution in [2.45, 2.75) is 31.8 Å². The van der Waals surface area contributed by atoms with Gasteiger partial charge in [-0.2, -0.15) is 0 Å². The third-order valence-corrected chi connectivity index (χ3v) is 3.47. The van der Waals surface area contributed by atoms with E-state index in [1.54, 1.807) is 6.20 Å². The Morgan fingerprint density at radius 3 is 2.67 bits per heavy atom. The lowest BCUT2D eigenvalue weighted by molar-refractivity contribution is -0.123. The van der Waals surface area contributed by atoms with E-state index in [0.29, 0.717) is 6.42 Å². The molecule has 0 radical (unpaired) electrons. The summed E-state index contributed by atoms with van der Waals surface area (Å²) in [7, 11) is 1.91. The highest BCUT2D eigenvalue weighted by Gasteiger charge is 2.23. The molecule has 0 aliphatic carbocycles. The van der Waals surface area contributed by atoms with Gasteiger partial charge in [0.2, 0.25) is 5.91 Å². The highest BCUT2D eigenvalue weighted by atomic mass is 16.2. The number of aryl methyl sites for hydroxylation is 1. The van der Waals surface area contributed by atoms with Crippen LogP contribution in [0.4, 0.5) is 0 Å². The van der Waals surface area contributed by atoms with Crippen LogP contribution in [0.2, 0.25) is 0 Å². The first-order chi connectivity index (χ1) is 10.1. The first-order valence-corrected chi connectivity index (χ1v) is 7.21. The molecule has 2 unspecified atom stereocenters. The number of imidazole rings is 1. The van der Waals surface area contributed by atoms with E-state index in [4.69, 9.17) is 5.73 Å². The summed E-state index contributed by atoms with van der Waals surface area (Å²) in [5, 5.41) is 3.01. The normalized spacial score (nSPS) is 13.7. The number of rotatable bonds is 6. The first-order valence-electron chi connectivity index (χ1n) is 7.21. The molecule has 0 aliphatic rings. The summed E-state index contributed by atoms with van der Waals surface area (Å²) in [4.78, 5) is 16.6. The zero-order valence-electron chi connectivity index (χ0n) is 12.5. The standard InChI is InChI=1S/C16H22N4O/c1-3-7-13(17)16(21)19-14(12-8-5-4-6-9-12)15-18-10-11-20(15)2/h4-6,8-11,13-14H,3,7,17H2,1-2H3,(H,19,21). The number of amides is 1. The van der Waals surface area contributed by atoms with E-state index in [2.05, 4.69) is 10.3 Å². The molecule has 0 fully saturated rings. The predicted molar refractivity (Wildman–Crippen MR) is 82.5 cm³/mol. The molecule has 1 aromatic heterocycles. The molecule has 1 amide bonds. The van der Waals surface area contributed by atoms with E-state index in [1.165, 1.54) is 0 Å². The lowest BCUT2D eigenvalue weighted by Crippen LogP contribution is -2.43. The largest absolute Gasteiger partial charge is 0.341 e. The minimum absolute atomic E-state index is 0.145. The van der Waals surface area contributed by atoms with Crippen molar-refractivity contribution in [3.63, 3.8) is 0 Å². The molecule has 112 valence electrons. The SMILES string of the molecule is CCCC(N)C(=O)NC(c1ccccc1)c1nccn1C. The summed E-state index contributed by atoms with van der Waals surface area (Å²) in [6.45, 7) is 2.01. The quantitative estimate of drug-likeness (QED) is 0.849. The van der Waals surface area contributed by atoms with Crippen LogP contribution in [0.5, 0.6) is 0 Å². The number of benzene rings is 1. The second kappa shape index (κ2) is 7.04. The molecular weight excluding hydrogens is 264 g/mol. The maximum atomic E-state index is 12.3. The van der Waals surface area contributed by atoms with Gasteiger partial charge in [0.1, 0.15) is 11.9 Å². The number of carbonyl (C=O) groups is 1. The van der Waals surface area contributed by atoms with Crippen molar-refractivity contribution >= 4 is 5.91 Å². The Balaban J connectivity index is 2.26. The topological polar surface area (TPSA) is 72.9 Å². The fourth-order valence-electron chi connectivity index (χ4n) is 2.29. The fraction of sp³-hybridized carbons (Fsp3) is 0.375. The minimum Gasteiger partial charge on any atom is -0.341 e. The zero-order valence-corrected chi connectivity index (χ0v) is 12.5. The van der Waals surface area contributed by atoms with Crippen molar-refractivity contribution in [1.29, 1.82) is 0 Å². The monoisotopic (exact) mass is 286 g/mol. The van der Waals surface area contributed by atoms with Gasteiger partial charge in [-0.05, 0) is 12.0 Å². The summed E-state index contributed by atoms with van der Waals surface area (Å²) in [6.07, 6.45) is 5.15. The van der Waals surface area contributed by atoms with Gasteiger partial charge in [0, 0.05) is 19.4 Å². The van der Waals surface area contributed by atoms with Crippen LogP contribution < -0.4 is 11.1 Å². The van der Waals surface area contributed by atoms with Crippen LogP contribution in [-0.4, -0.2) is 21.5 Å². The van der Waals surface area contributed by atoms with E-state index >= 15 is 0 Å². The van der Waals surface area contributed by atoms with E-state index in [0.717, 1.165) is 17.8 Å². The number of nitrogens with zero attached hydrogens (tertiary/aromatic N) is 2. The van der Waals surface area contributed by atoms with Crippen LogP contribution in [0.15, 0.2) is 42.7 Å². The molecular formula is C16H22N4O. The van der Waals surface area contributed by atoms with Gasteiger partial charge in [-0.1, -0.05) is 43.7 Å². The minimum atomic E-state index is -0.485. The van der Waals surface area contributed by atoms with Crippen LogP contribution in [0.1, 0.15) is 37.2 Å². The Kier molecular flexibility index (Phi) is 5.11. The molecule has 0 spiro atoms. The van der Waals surface area contributed by atoms with Crippen molar-refractivity contribution in [3.8, 4) is 0 Å². The molecule has 0 saturated heterocycles. The Hall–Kier alpha value is -2.14. The van der Waals surface area contributed by atoms with E-state index in [-0.39, 0.29) is 11.9 Å². The average molecular weight is 286 g/mol. The molecule has 0 saturated carbocycles. The number of nitrogens with two attached hydrogens (primary N) is 1. The maximum Gasteiger partial charge on any atom is 0.237 e. The van der Waals surface area contributed by atoms with Crippen LogP contribution in [0.25, 0.3) is 0 Å². The first kappa shape index (κ1) is 15.3. The van der Waals surface area contributed by atoms with Gasteiger partial charge < -0.3 is 15.6 Å². The van der Waals surface area contributed by atoms with Crippen molar-refractivity contribution < 1.29 is 4.79 Å². The molecule has 1 aromatic carbocycles. The number of hydrogen-bond acceptors (Lipinski definition) is 3. The van der Waals surface area contributed by atoms with Gasteiger partial charge in [-0.3, -0.25) is 4.79 Å². The van der Waals surface area contributed by atoms with Gasteiger partial charge in [-0.25, -0.2) is 4.98 Å². The highest BCUT2D eigenvalue weighted by molar-refractivity contribution is 5.82. The van der Waals surface area contributed by atoms with Crippen LogP contribution in [-0.2, 0) is 11.8 Å². The molecule has 5 nitrogen and oxygen atoms in total. The average Bonchev–Trinajstić information content (AvgIpc) is 2.91. The van der Waals surface area contributed by atoms with Crippen molar-refractivity contribution in [2.75, 3.05) is 0 Å². The van der Waals surface area contributed by atoms with Crippen LogP contribution in [0, 0.1) is 0 Å². The zero-order chi connectivity index (χ0) is 15.2. The molecule has 1 heterocycles. The maximum absolute atomic E-state index is 12.3. The number of carbonyl (C=O) groups excluding carboxylic acids is 1. The Bertz CT molecular complexity index is 579. The van der Waals surface area contributed by atoms with Crippen molar-refractivity contribution in [2.24, 2.45) is 12.8 Å². The predicted octanol–water partition coefficient (Wildman–Crippen LogP) is 1.75. The Morgan fingerprint density at radius 1 is 1.38 bits per heavy atom. The summed E-state index contributed by atoms with van der Waals surface area (Å²) in [5.41, 5.74) is 6.90. The summed E-state index contributed by atoms with van der Waals surface area (Å²) >= 11 is 0. The second-order valence-electron chi connectivity index (χ2n) is 5.14. The summed E-state index contributed by atoms with van der Waals surface area (Å²) < 4.78 is 1.91. The molecule has 0 bridgehead atoms. The van der Waals surface area contributed by atoms with Gasteiger partial charge >= 0.3 is 0 Å². The number of aromatic nitrogens is 2. The van der Waals surface area contributed by atoms with E-state index < -0.39 is 6.04 Å². The summed E-state index contributed by atoms with van der Waals surface area (Å²) in [5.74, 6) is 0.645. The number of nitrogens with one attached hydrogen (secondary N) is 1. The number of hydrogen-bond donors (Lipinski definition) is 2. The molecule has 0 aliphatic heterocycles. The smallest absolute Gasteiger partial charge is 0.237 e. The molecule has 2 aromatic rings. The molecule has 2 atom stereocenters. The van der Waals surface area contributed by atoms with Gasteiger partial charge in [-0.15, -0.1) is 0 Å². The van der Waals surface area contributed by atoms with Crippen molar-refractivity contribution in [1.82, 2.24) is 14.9 Å². The Morgan fingerprint density at radius 2 is 2.10 bits per heavy atom. The van der Waals surface area contributed by atoms with Gasteiger partial charge in [0.15, 0.2) is 0 Å². The molecule has 3 N–H and O–H groups in total. The summed E-state index contributed by atoms with van der Waals surface area (Å²) in [6, 6.07) is 9.02. The lowest BCUT2D eigenvalue weighted by Gasteiger charge is -2.21. The van der Waals surface area contributed by atoms with E-state index in [1.807, 2.05) is 55.1 Å². The third-order valence-electron chi connectivity index (χ3n) is 3.47. The van der Waals surface area contributed by atoms with Crippen LogP contribution >= 0.6 is 0 Å². The third kappa shape index (κ3) is 3.70. The fourth-order valence-corrected chi connectivity index (χ4v) is 2.29. The molecule has 2 rings (SSSR count). The Labute approximate surface area is 125 Å². The van der Waals surface area contributed by atoms with Gasteiger partial charge in [0.05, 0.1) is 6.04 Å².